The van der Waals surface area contributed by atoms with Crippen LogP contribution in [0.3, 0.4) is 0 Å². The fourth-order valence-corrected chi connectivity index (χ4v) is 3.36. The van der Waals surface area contributed by atoms with Crippen LogP contribution in [0.5, 0.6) is 0 Å². The zero-order chi connectivity index (χ0) is 17.8. The van der Waals surface area contributed by atoms with Crippen molar-refractivity contribution in [3.8, 4) is 17.3 Å². The summed E-state index contributed by atoms with van der Waals surface area (Å²) in [5.41, 5.74) is 2.11. The second-order valence-corrected chi connectivity index (χ2v) is 6.94. The number of nitrogens with zero attached hydrogens (tertiary/aromatic N) is 4. The monoisotopic (exact) mass is 355 g/mol. The highest BCUT2D eigenvalue weighted by Crippen LogP contribution is 2.26. The van der Waals surface area contributed by atoms with E-state index in [0.29, 0.717) is 10.9 Å². The van der Waals surface area contributed by atoms with Gasteiger partial charge in [0.1, 0.15) is 11.6 Å². The van der Waals surface area contributed by atoms with Crippen LogP contribution in [0.2, 0.25) is 0 Å². The van der Waals surface area contributed by atoms with Gasteiger partial charge in [-0.2, -0.15) is 5.26 Å². The van der Waals surface area contributed by atoms with Gasteiger partial charge in [0, 0.05) is 38.3 Å². The molecule has 0 spiro atoms. The second-order valence-electron chi connectivity index (χ2n) is 6.15. The van der Waals surface area contributed by atoms with Gasteiger partial charge < -0.3 is 9.88 Å². The van der Waals surface area contributed by atoms with Crippen molar-refractivity contribution in [2.24, 2.45) is 0 Å². The van der Waals surface area contributed by atoms with Gasteiger partial charge in [0.15, 0.2) is 5.16 Å². The molecule has 1 fully saturated rings. The average Bonchev–Trinajstić information content (AvgIpc) is 2.63. The van der Waals surface area contributed by atoms with Crippen LogP contribution in [-0.2, 0) is 6.54 Å². The fourth-order valence-electron chi connectivity index (χ4n) is 2.98. The molecule has 1 aromatic heterocycles. The summed E-state index contributed by atoms with van der Waals surface area (Å²) in [5, 5.41) is 9.95. The number of H-pyrrole nitrogens is 1. The minimum Gasteiger partial charge on any atom is -0.304 e. The van der Waals surface area contributed by atoms with Crippen LogP contribution in [0.1, 0.15) is 11.1 Å². The maximum Gasteiger partial charge on any atom is 0.270 e. The number of piperazine rings is 1. The highest BCUT2D eigenvalue weighted by Gasteiger charge is 2.19. The Bertz CT molecular complexity index is 849. The SMILES string of the molecule is CSc1nc(-c2ccccc2CN2CCN(C)CC2)c(C#N)c(=O)[nH]1. The molecule has 7 heteroatoms. The van der Waals surface area contributed by atoms with Crippen LogP contribution < -0.4 is 5.56 Å². The molecule has 1 saturated heterocycles. The largest absolute Gasteiger partial charge is 0.304 e. The van der Waals surface area contributed by atoms with Gasteiger partial charge in [0.25, 0.3) is 5.56 Å². The molecule has 0 atom stereocenters. The highest BCUT2D eigenvalue weighted by molar-refractivity contribution is 7.98. The number of thioether (sulfide) groups is 1. The van der Waals surface area contributed by atoms with Crippen LogP contribution in [-0.4, -0.2) is 59.3 Å². The highest BCUT2D eigenvalue weighted by atomic mass is 32.2. The number of benzene rings is 1. The van der Waals surface area contributed by atoms with Crippen LogP contribution in [0, 0.1) is 11.3 Å². The predicted octanol–water partition coefficient (Wildman–Crippen LogP) is 1.78. The summed E-state index contributed by atoms with van der Waals surface area (Å²) in [6.07, 6.45) is 1.85. The van der Waals surface area contributed by atoms with E-state index in [1.807, 2.05) is 30.5 Å². The molecule has 25 heavy (non-hydrogen) atoms. The number of hydrogen-bond acceptors (Lipinski definition) is 6. The average molecular weight is 355 g/mol. The summed E-state index contributed by atoms with van der Waals surface area (Å²) in [5.74, 6) is 0. The molecular formula is C18H21N5OS. The van der Waals surface area contributed by atoms with E-state index < -0.39 is 0 Å². The van der Waals surface area contributed by atoms with E-state index in [1.54, 1.807) is 0 Å². The minimum atomic E-state index is -0.383. The number of aromatic nitrogens is 2. The van der Waals surface area contributed by atoms with Crippen molar-refractivity contribution in [3.63, 3.8) is 0 Å². The van der Waals surface area contributed by atoms with Crippen molar-refractivity contribution in [1.82, 2.24) is 19.8 Å². The Hall–Kier alpha value is -2.14. The lowest BCUT2D eigenvalue weighted by Crippen LogP contribution is -2.43. The Morgan fingerprint density at radius 2 is 2.00 bits per heavy atom. The number of likely N-dealkylation sites (N-methyl/N-ethyl adjacent to an activating group) is 1. The third-order valence-corrected chi connectivity index (χ3v) is 5.05. The lowest BCUT2D eigenvalue weighted by atomic mass is 10.0. The van der Waals surface area contributed by atoms with Crippen LogP contribution in [0.15, 0.2) is 34.2 Å². The van der Waals surface area contributed by atoms with Gasteiger partial charge in [-0.05, 0) is 18.9 Å². The van der Waals surface area contributed by atoms with Gasteiger partial charge in [0.2, 0.25) is 0 Å². The zero-order valence-corrected chi connectivity index (χ0v) is 15.3. The summed E-state index contributed by atoms with van der Waals surface area (Å²) in [6, 6.07) is 9.92. The van der Waals surface area contributed by atoms with Crippen molar-refractivity contribution in [3.05, 3.63) is 45.7 Å². The Balaban J connectivity index is 2.00. The molecule has 0 radical (unpaired) electrons. The molecule has 2 heterocycles. The van der Waals surface area contributed by atoms with Gasteiger partial charge in [-0.3, -0.25) is 9.69 Å². The van der Waals surface area contributed by atoms with Gasteiger partial charge in [0.05, 0.1) is 5.69 Å². The van der Waals surface area contributed by atoms with Crippen LogP contribution in [0.4, 0.5) is 0 Å². The zero-order valence-electron chi connectivity index (χ0n) is 14.5. The number of nitrogens with one attached hydrogen (secondary N) is 1. The van der Waals surface area contributed by atoms with Crippen LogP contribution in [0.25, 0.3) is 11.3 Å². The third kappa shape index (κ3) is 3.93. The molecule has 1 N–H and O–H groups in total. The van der Waals surface area contributed by atoms with E-state index in [4.69, 9.17) is 0 Å². The van der Waals surface area contributed by atoms with Crippen molar-refractivity contribution in [2.45, 2.75) is 11.7 Å². The maximum absolute atomic E-state index is 12.2. The Labute approximate surface area is 151 Å². The van der Waals surface area contributed by atoms with E-state index in [2.05, 4.69) is 32.9 Å². The Kier molecular flexibility index (Phi) is 5.53. The van der Waals surface area contributed by atoms with Gasteiger partial charge >= 0.3 is 0 Å². The normalized spacial score (nSPS) is 15.9. The molecule has 6 nitrogen and oxygen atoms in total. The number of hydrogen-bond donors (Lipinski definition) is 1. The summed E-state index contributed by atoms with van der Waals surface area (Å²) in [6.45, 7) is 4.90. The molecule has 0 amide bonds. The van der Waals surface area contributed by atoms with Crippen molar-refractivity contribution in [1.29, 1.82) is 5.26 Å². The smallest absolute Gasteiger partial charge is 0.270 e. The molecule has 0 unspecified atom stereocenters. The first-order valence-corrected chi connectivity index (χ1v) is 9.42. The topological polar surface area (TPSA) is 76.0 Å². The molecule has 1 aliphatic rings. The quantitative estimate of drug-likeness (QED) is 0.665. The van der Waals surface area contributed by atoms with Gasteiger partial charge in [-0.1, -0.05) is 36.0 Å². The van der Waals surface area contributed by atoms with E-state index in [9.17, 15) is 10.1 Å². The fraction of sp³-hybridized carbons (Fsp3) is 0.389. The lowest BCUT2D eigenvalue weighted by molar-refractivity contribution is 0.148. The molecule has 130 valence electrons. The summed E-state index contributed by atoms with van der Waals surface area (Å²) in [4.78, 5) is 24.1. The number of rotatable bonds is 4. The molecule has 1 aliphatic heterocycles. The molecule has 0 saturated carbocycles. The predicted molar refractivity (Wildman–Crippen MR) is 99.6 cm³/mol. The van der Waals surface area contributed by atoms with Gasteiger partial charge in [-0.15, -0.1) is 0 Å². The van der Waals surface area contributed by atoms with E-state index >= 15 is 0 Å². The van der Waals surface area contributed by atoms with E-state index in [-0.39, 0.29) is 11.1 Å². The molecule has 1 aromatic carbocycles. The molecule has 3 rings (SSSR count). The minimum absolute atomic E-state index is 0.0728. The Morgan fingerprint density at radius 3 is 2.68 bits per heavy atom. The molecule has 0 aliphatic carbocycles. The van der Waals surface area contributed by atoms with Gasteiger partial charge in [-0.25, -0.2) is 4.98 Å². The molecular weight excluding hydrogens is 334 g/mol. The van der Waals surface area contributed by atoms with E-state index in [1.165, 1.54) is 11.8 Å². The molecule has 2 aromatic rings. The summed E-state index contributed by atoms with van der Waals surface area (Å²) in [7, 11) is 2.13. The first-order chi connectivity index (χ1) is 12.1. The van der Waals surface area contributed by atoms with Crippen LogP contribution >= 0.6 is 11.8 Å². The third-order valence-electron chi connectivity index (χ3n) is 4.47. The number of aromatic amines is 1. The first kappa shape index (κ1) is 17.7. The molecule has 0 bridgehead atoms. The standard InChI is InChI=1S/C18H21N5OS/c1-22-7-9-23(10-8-22)12-13-5-3-4-6-14(13)16-15(11-19)17(24)21-18(20-16)25-2/h3-6H,7-10,12H2,1-2H3,(H,20,21,24). The summed E-state index contributed by atoms with van der Waals surface area (Å²) >= 11 is 1.36. The van der Waals surface area contributed by atoms with E-state index in [0.717, 1.165) is 43.9 Å². The second kappa shape index (κ2) is 7.83. The first-order valence-electron chi connectivity index (χ1n) is 8.20. The summed E-state index contributed by atoms with van der Waals surface area (Å²) < 4.78 is 0. The van der Waals surface area contributed by atoms with Crippen molar-refractivity contribution in [2.75, 3.05) is 39.5 Å². The van der Waals surface area contributed by atoms with Crippen molar-refractivity contribution < 1.29 is 0 Å². The Morgan fingerprint density at radius 1 is 1.28 bits per heavy atom. The lowest BCUT2D eigenvalue weighted by Gasteiger charge is -2.32. The number of nitriles is 1. The maximum atomic E-state index is 12.2. The van der Waals surface area contributed by atoms with Crippen molar-refractivity contribution >= 4 is 11.8 Å².